The average molecular weight is 193 g/mol. The first-order valence-corrected chi connectivity index (χ1v) is 3.70. The summed E-state index contributed by atoms with van der Waals surface area (Å²) in [5.74, 6) is 0. The van der Waals surface area contributed by atoms with Crippen LogP contribution in [0.3, 0.4) is 0 Å². The molecule has 0 atom stereocenters. The zero-order valence-corrected chi connectivity index (χ0v) is 6.50. The Labute approximate surface area is 60.0 Å². The molecule has 44 valence electrons. The third-order valence-corrected chi connectivity index (χ3v) is 2.02. The van der Waals surface area contributed by atoms with Crippen LogP contribution in [0.25, 0.3) is 0 Å². The largest absolute Gasteiger partial charge is 0.325 e. The van der Waals surface area contributed by atoms with E-state index in [1.165, 1.54) is 11.5 Å². The van der Waals surface area contributed by atoms with E-state index in [1.54, 1.807) is 0 Å². The lowest BCUT2D eigenvalue weighted by molar-refractivity contribution is 1.03. The van der Waals surface area contributed by atoms with Gasteiger partial charge in [0.25, 0.3) is 0 Å². The molecule has 1 heterocycles. The minimum atomic E-state index is 0.530. The topological polar surface area (TPSA) is 38.9 Å². The van der Waals surface area contributed by atoms with E-state index in [4.69, 9.17) is 5.73 Å². The maximum absolute atomic E-state index is 5.29. The predicted octanol–water partition coefficient (Wildman–Crippen LogP) is 1.36. The number of nitrogens with zero attached hydrogens (tertiary/aromatic N) is 1. The molecule has 0 unspecified atom stereocenters. The molecule has 0 radical (unpaired) electrons. The van der Waals surface area contributed by atoms with Crippen molar-refractivity contribution in [3.8, 4) is 0 Å². The lowest BCUT2D eigenvalue weighted by Gasteiger charge is -1.78. The van der Waals surface area contributed by atoms with Crippen LogP contribution in [0.15, 0.2) is 9.85 Å². The minimum Gasteiger partial charge on any atom is -0.325 e. The van der Waals surface area contributed by atoms with Crippen LogP contribution >= 0.6 is 27.5 Å². The van der Waals surface area contributed by atoms with Crippen molar-refractivity contribution in [3.63, 3.8) is 0 Å². The van der Waals surface area contributed by atoms with Gasteiger partial charge in [-0.3, -0.25) is 0 Å². The van der Waals surface area contributed by atoms with Crippen molar-refractivity contribution in [2.24, 2.45) is 5.73 Å². The fourth-order valence-corrected chi connectivity index (χ4v) is 1.38. The van der Waals surface area contributed by atoms with Crippen LogP contribution in [-0.2, 0) is 6.54 Å². The molecule has 2 N–H and O–H groups in total. The molecule has 1 rings (SSSR count). The van der Waals surface area contributed by atoms with Crippen LogP contribution in [0.2, 0.25) is 0 Å². The zero-order valence-electron chi connectivity index (χ0n) is 4.10. The van der Waals surface area contributed by atoms with E-state index in [0.29, 0.717) is 6.54 Å². The van der Waals surface area contributed by atoms with Crippen molar-refractivity contribution in [2.45, 2.75) is 6.54 Å². The van der Waals surface area contributed by atoms with E-state index < -0.39 is 0 Å². The van der Waals surface area contributed by atoms with Gasteiger partial charge in [0.2, 0.25) is 0 Å². The summed E-state index contributed by atoms with van der Waals surface area (Å²) >= 11 is 4.69. The summed E-state index contributed by atoms with van der Waals surface area (Å²) in [5, 5.41) is 0. The summed E-state index contributed by atoms with van der Waals surface area (Å²) in [5.41, 5.74) is 6.23. The molecule has 0 spiro atoms. The number of rotatable bonds is 1. The van der Waals surface area contributed by atoms with Gasteiger partial charge in [0, 0.05) is 6.54 Å². The van der Waals surface area contributed by atoms with E-state index in [-0.39, 0.29) is 0 Å². The first-order chi connectivity index (χ1) is 3.83. The Morgan fingerprint density at radius 2 is 2.62 bits per heavy atom. The second-order valence-corrected chi connectivity index (χ2v) is 3.51. The van der Waals surface area contributed by atoms with E-state index in [1.807, 2.05) is 6.07 Å². The summed E-state index contributed by atoms with van der Waals surface area (Å²) in [7, 11) is 0. The lowest BCUT2D eigenvalue weighted by Crippen LogP contribution is -1.94. The molecule has 2 nitrogen and oxygen atoms in total. The Bertz CT molecular complexity index is 174. The second kappa shape index (κ2) is 2.57. The molecule has 0 aliphatic heterocycles. The molecule has 0 amide bonds. The molecule has 0 bridgehead atoms. The summed E-state index contributed by atoms with van der Waals surface area (Å²) in [6.07, 6.45) is 0. The van der Waals surface area contributed by atoms with E-state index in [2.05, 4.69) is 20.3 Å². The van der Waals surface area contributed by atoms with Crippen molar-refractivity contribution in [2.75, 3.05) is 0 Å². The van der Waals surface area contributed by atoms with Gasteiger partial charge in [-0.15, -0.1) is 0 Å². The number of aromatic nitrogens is 1. The van der Waals surface area contributed by atoms with Gasteiger partial charge in [0.15, 0.2) is 0 Å². The molecule has 0 aromatic carbocycles. The molecular formula is C4H5BrN2S. The van der Waals surface area contributed by atoms with Crippen molar-refractivity contribution in [1.82, 2.24) is 4.37 Å². The highest BCUT2D eigenvalue weighted by Crippen LogP contribution is 2.15. The van der Waals surface area contributed by atoms with Gasteiger partial charge in [0.05, 0.1) is 9.48 Å². The molecule has 0 aliphatic rings. The minimum absolute atomic E-state index is 0.530. The Balaban J connectivity index is 2.84. The Kier molecular flexibility index (Phi) is 1.99. The highest BCUT2D eigenvalue weighted by Gasteiger charge is 1.93. The molecule has 8 heavy (non-hydrogen) atoms. The highest BCUT2D eigenvalue weighted by molar-refractivity contribution is 9.11. The summed E-state index contributed by atoms with van der Waals surface area (Å²) in [4.78, 5) is 0. The van der Waals surface area contributed by atoms with E-state index >= 15 is 0 Å². The van der Waals surface area contributed by atoms with Gasteiger partial charge < -0.3 is 5.73 Å². The van der Waals surface area contributed by atoms with E-state index in [0.717, 1.165) is 9.48 Å². The maximum atomic E-state index is 5.29. The van der Waals surface area contributed by atoms with Gasteiger partial charge in [-0.05, 0) is 33.5 Å². The van der Waals surface area contributed by atoms with Crippen molar-refractivity contribution >= 4 is 27.5 Å². The first-order valence-electron chi connectivity index (χ1n) is 2.14. The highest BCUT2D eigenvalue weighted by atomic mass is 79.9. The second-order valence-electron chi connectivity index (χ2n) is 1.33. The molecule has 0 saturated carbocycles. The molecular weight excluding hydrogens is 188 g/mol. The lowest BCUT2D eigenvalue weighted by atomic mass is 10.5. The average Bonchev–Trinajstić information content (AvgIpc) is 2.14. The molecule has 0 fully saturated rings. The summed E-state index contributed by atoms with van der Waals surface area (Å²) in [6.45, 7) is 0.530. The molecule has 0 saturated heterocycles. The smallest absolute Gasteiger partial charge is 0.0908 e. The van der Waals surface area contributed by atoms with Gasteiger partial charge >= 0.3 is 0 Å². The van der Waals surface area contributed by atoms with Crippen LogP contribution in [0.5, 0.6) is 0 Å². The fourth-order valence-electron chi connectivity index (χ4n) is 0.382. The maximum Gasteiger partial charge on any atom is 0.0908 e. The Hall–Kier alpha value is 0.0700. The molecule has 0 aliphatic carbocycles. The predicted molar refractivity (Wildman–Crippen MR) is 37.7 cm³/mol. The SMILES string of the molecule is NCc1cc(Br)sn1. The molecule has 4 heteroatoms. The van der Waals surface area contributed by atoms with Crippen molar-refractivity contribution in [3.05, 3.63) is 15.5 Å². The number of hydrogen-bond acceptors (Lipinski definition) is 3. The Morgan fingerprint density at radius 1 is 1.88 bits per heavy atom. The number of halogens is 1. The van der Waals surface area contributed by atoms with Gasteiger partial charge in [-0.25, -0.2) is 0 Å². The Morgan fingerprint density at radius 3 is 2.88 bits per heavy atom. The number of nitrogens with two attached hydrogens (primary N) is 1. The first kappa shape index (κ1) is 6.19. The molecule has 1 aromatic heterocycles. The van der Waals surface area contributed by atoms with Crippen molar-refractivity contribution in [1.29, 1.82) is 0 Å². The summed E-state index contributed by atoms with van der Waals surface area (Å²) in [6, 6.07) is 1.92. The van der Waals surface area contributed by atoms with Crippen LogP contribution in [0, 0.1) is 0 Å². The standard InChI is InChI=1S/C4H5BrN2S/c5-4-1-3(2-6)7-8-4/h1H,2,6H2. The normalized spacial score (nSPS) is 9.75. The van der Waals surface area contributed by atoms with Gasteiger partial charge in [-0.2, -0.15) is 4.37 Å². The zero-order chi connectivity index (χ0) is 5.98. The van der Waals surface area contributed by atoms with Gasteiger partial charge in [0.1, 0.15) is 0 Å². The third-order valence-electron chi connectivity index (χ3n) is 0.739. The van der Waals surface area contributed by atoms with E-state index in [9.17, 15) is 0 Å². The quantitative estimate of drug-likeness (QED) is 0.731. The van der Waals surface area contributed by atoms with Crippen LogP contribution in [-0.4, -0.2) is 4.37 Å². The van der Waals surface area contributed by atoms with Crippen LogP contribution in [0.1, 0.15) is 5.69 Å². The summed E-state index contributed by atoms with van der Waals surface area (Å²) < 4.78 is 5.04. The molecule has 1 aromatic rings. The fraction of sp³-hybridized carbons (Fsp3) is 0.250. The van der Waals surface area contributed by atoms with Gasteiger partial charge in [-0.1, -0.05) is 0 Å². The van der Waals surface area contributed by atoms with Crippen LogP contribution < -0.4 is 5.73 Å². The monoisotopic (exact) mass is 192 g/mol. The third kappa shape index (κ3) is 1.27. The number of hydrogen-bond donors (Lipinski definition) is 1. The van der Waals surface area contributed by atoms with Crippen LogP contribution in [0.4, 0.5) is 0 Å². The van der Waals surface area contributed by atoms with Crippen molar-refractivity contribution < 1.29 is 0 Å².